The van der Waals surface area contributed by atoms with Gasteiger partial charge in [0.05, 0.1) is 27.9 Å². The summed E-state index contributed by atoms with van der Waals surface area (Å²) in [5.41, 5.74) is 0. The maximum Gasteiger partial charge on any atom is 0.261 e. The Balaban J connectivity index is 1.95. The van der Waals surface area contributed by atoms with Crippen molar-refractivity contribution in [2.45, 2.75) is 19.6 Å². The zero-order chi connectivity index (χ0) is 15.4. The van der Waals surface area contributed by atoms with Crippen molar-refractivity contribution < 1.29 is 13.9 Å². The van der Waals surface area contributed by atoms with Gasteiger partial charge in [0.2, 0.25) is 0 Å². The molecule has 1 atom stereocenters. The second kappa shape index (κ2) is 7.07. The van der Waals surface area contributed by atoms with E-state index in [2.05, 4.69) is 5.32 Å². The standard InChI is InChI=1S/C14H12Cl3NO3/c1-8(14(19)18-7-9-3-2-4-20-9)21-13-6-11(16)10(15)5-12(13)17/h2-6,8H,7H2,1H3,(H,18,19)/t8-/m1/s1. The van der Waals surface area contributed by atoms with Crippen molar-refractivity contribution in [3.8, 4) is 5.75 Å². The highest BCUT2D eigenvalue weighted by Crippen LogP contribution is 2.34. The molecule has 112 valence electrons. The number of halogens is 3. The van der Waals surface area contributed by atoms with Crippen molar-refractivity contribution >= 4 is 40.7 Å². The fourth-order valence-corrected chi connectivity index (χ4v) is 2.15. The van der Waals surface area contributed by atoms with E-state index in [1.165, 1.54) is 18.4 Å². The van der Waals surface area contributed by atoms with E-state index < -0.39 is 6.10 Å². The molecule has 1 heterocycles. The Morgan fingerprint density at radius 1 is 1.29 bits per heavy atom. The van der Waals surface area contributed by atoms with E-state index in [0.717, 1.165) is 0 Å². The van der Waals surface area contributed by atoms with Crippen molar-refractivity contribution in [3.05, 3.63) is 51.4 Å². The van der Waals surface area contributed by atoms with Crippen molar-refractivity contribution in [1.29, 1.82) is 0 Å². The van der Waals surface area contributed by atoms with Gasteiger partial charge in [0.15, 0.2) is 6.10 Å². The van der Waals surface area contributed by atoms with E-state index in [9.17, 15) is 4.79 Å². The summed E-state index contributed by atoms with van der Waals surface area (Å²) < 4.78 is 10.6. The summed E-state index contributed by atoms with van der Waals surface area (Å²) in [4.78, 5) is 11.9. The SMILES string of the molecule is C[C@@H](Oc1cc(Cl)c(Cl)cc1Cl)C(=O)NCc1ccco1. The molecule has 0 unspecified atom stereocenters. The minimum Gasteiger partial charge on any atom is -0.479 e. The van der Waals surface area contributed by atoms with Gasteiger partial charge in [0.25, 0.3) is 5.91 Å². The fraction of sp³-hybridized carbons (Fsp3) is 0.214. The molecule has 2 rings (SSSR count). The number of nitrogens with one attached hydrogen (secondary N) is 1. The molecule has 1 aromatic carbocycles. The van der Waals surface area contributed by atoms with Gasteiger partial charge in [0.1, 0.15) is 11.5 Å². The van der Waals surface area contributed by atoms with Crippen LogP contribution in [0.15, 0.2) is 34.9 Å². The molecule has 0 aliphatic heterocycles. The molecule has 21 heavy (non-hydrogen) atoms. The van der Waals surface area contributed by atoms with Crippen LogP contribution in [0.4, 0.5) is 0 Å². The number of hydrogen-bond donors (Lipinski definition) is 1. The first-order chi connectivity index (χ1) is 9.97. The number of ether oxygens (including phenoxy) is 1. The fourth-order valence-electron chi connectivity index (χ4n) is 1.57. The topological polar surface area (TPSA) is 51.5 Å². The molecule has 0 fully saturated rings. The van der Waals surface area contributed by atoms with Gasteiger partial charge in [-0.15, -0.1) is 0 Å². The Labute approximate surface area is 136 Å². The first kappa shape index (κ1) is 16.0. The van der Waals surface area contributed by atoms with Gasteiger partial charge in [0, 0.05) is 6.07 Å². The third-order valence-electron chi connectivity index (χ3n) is 2.66. The zero-order valence-corrected chi connectivity index (χ0v) is 13.3. The normalized spacial score (nSPS) is 12.0. The predicted molar refractivity (Wildman–Crippen MR) is 82.1 cm³/mol. The van der Waals surface area contributed by atoms with E-state index in [4.69, 9.17) is 44.0 Å². The number of benzene rings is 1. The van der Waals surface area contributed by atoms with E-state index in [1.54, 1.807) is 19.1 Å². The predicted octanol–water partition coefficient (Wildman–Crippen LogP) is 4.32. The molecule has 0 saturated heterocycles. The van der Waals surface area contributed by atoms with Gasteiger partial charge >= 0.3 is 0 Å². The number of carbonyl (C=O) groups excluding carboxylic acids is 1. The minimum absolute atomic E-state index is 0.286. The molecule has 0 bridgehead atoms. The van der Waals surface area contributed by atoms with Crippen LogP contribution >= 0.6 is 34.8 Å². The van der Waals surface area contributed by atoms with Crippen LogP contribution in [0.3, 0.4) is 0 Å². The number of amides is 1. The van der Waals surface area contributed by atoms with Crippen LogP contribution < -0.4 is 10.1 Å². The molecule has 2 aromatic rings. The number of furan rings is 1. The Hall–Kier alpha value is -1.36. The van der Waals surface area contributed by atoms with Gasteiger partial charge in [-0.05, 0) is 25.1 Å². The molecule has 0 aliphatic rings. The highest BCUT2D eigenvalue weighted by molar-refractivity contribution is 6.43. The lowest BCUT2D eigenvalue weighted by Gasteiger charge is -2.15. The van der Waals surface area contributed by atoms with Gasteiger partial charge in [-0.2, -0.15) is 0 Å². The molecule has 0 saturated carbocycles. The largest absolute Gasteiger partial charge is 0.479 e. The van der Waals surface area contributed by atoms with Crippen LogP contribution in [0.1, 0.15) is 12.7 Å². The maximum atomic E-state index is 11.9. The summed E-state index contributed by atoms with van der Waals surface area (Å²) >= 11 is 17.7. The molecular weight excluding hydrogens is 337 g/mol. The van der Waals surface area contributed by atoms with Crippen LogP contribution in [0.5, 0.6) is 5.75 Å². The second-order valence-corrected chi connectivity index (χ2v) is 5.48. The van der Waals surface area contributed by atoms with Crippen LogP contribution in [0.2, 0.25) is 15.1 Å². The third-order valence-corrected chi connectivity index (χ3v) is 3.68. The average Bonchev–Trinajstić information content (AvgIpc) is 2.95. The number of hydrogen-bond acceptors (Lipinski definition) is 3. The molecule has 1 aromatic heterocycles. The van der Waals surface area contributed by atoms with E-state index in [0.29, 0.717) is 21.6 Å². The van der Waals surface area contributed by atoms with Crippen molar-refractivity contribution in [2.75, 3.05) is 0 Å². The van der Waals surface area contributed by atoms with E-state index in [-0.39, 0.29) is 17.5 Å². The van der Waals surface area contributed by atoms with Crippen LogP contribution in [0, 0.1) is 0 Å². The summed E-state index contributed by atoms with van der Waals surface area (Å²) in [5.74, 6) is 0.656. The molecule has 7 heteroatoms. The monoisotopic (exact) mass is 347 g/mol. The minimum atomic E-state index is -0.741. The summed E-state index contributed by atoms with van der Waals surface area (Å²) in [6, 6.07) is 6.45. The van der Waals surface area contributed by atoms with Crippen LogP contribution in [-0.2, 0) is 11.3 Å². The third kappa shape index (κ3) is 4.30. The Morgan fingerprint density at radius 3 is 2.67 bits per heavy atom. The van der Waals surface area contributed by atoms with E-state index in [1.807, 2.05) is 0 Å². The molecule has 0 radical (unpaired) electrons. The molecule has 0 aliphatic carbocycles. The molecule has 0 spiro atoms. The average molecular weight is 349 g/mol. The molecule has 4 nitrogen and oxygen atoms in total. The van der Waals surface area contributed by atoms with Crippen molar-refractivity contribution in [2.24, 2.45) is 0 Å². The second-order valence-electron chi connectivity index (χ2n) is 4.25. The number of carbonyl (C=O) groups is 1. The Morgan fingerprint density at radius 2 is 2.00 bits per heavy atom. The highest BCUT2D eigenvalue weighted by Gasteiger charge is 2.17. The number of rotatable bonds is 5. The van der Waals surface area contributed by atoms with E-state index >= 15 is 0 Å². The van der Waals surface area contributed by atoms with Gasteiger partial charge in [-0.1, -0.05) is 34.8 Å². The Kier molecular flexibility index (Phi) is 5.39. The Bertz CT molecular complexity index is 629. The first-order valence-electron chi connectivity index (χ1n) is 6.08. The summed E-state index contributed by atoms with van der Waals surface area (Å²) in [7, 11) is 0. The highest BCUT2D eigenvalue weighted by atomic mass is 35.5. The lowest BCUT2D eigenvalue weighted by atomic mass is 10.3. The lowest BCUT2D eigenvalue weighted by molar-refractivity contribution is -0.127. The van der Waals surface area contributed by atoms with Crippen molar-refractivity contribution in [1.82, 2.24) is 5.32 Å². The zero-order valence-electron chi connectivity index (χ0n) is 11.0. The van der Waals surface area contributed by atoms with Crippen LogP contribution in [0.25, 0.3) is 0 Å². The molecule has 1 amide bonds. The van der Waals surface area contributed by atoms with Gasteiger partial charge in [-0.3, -0.25) is 4.79 Å². The van der Waals surface area contributed by atoms with Gasteiger partial charge < -0.3 is 14.5 Å². The summed E-state index contributed by atoms with van der Waals surface area (Å²) in [6.07, 6.45) is 0.798. The quantitative estimate of drug-likeness (QED) is 0.819. The molecule has 1 N–H and O–H groups in total. The summed E-state index contributed by atoms with van der Waals surface area (Å²) in [6.45, 7) is 1.89. The molecular formula is C14H12Cl3NO3. The van der Waals surface area contributed by atoms with Gasteiger partial charge in [-0.25, -0.2) is 0 Å². The summed E-state index contributed by atoms with van der Waals surface area (Å²) in [5, 5.41) is 3.61. The first-order valence-corrected chi connectivity index (χ1v) is 7.22. The maximum absolute atomic E-state index is 11.9. The van der Waals surface area contributed by atoms with Crippen LogP contribution in [-0.4, -0.2) is 12.0 Å². The van der Waals surface area contributed by atoms with Crippen molar-refractivity contribution in [3.63, 3.8) is 0 Å². The lowest BCUT2D eigenvalue weighted by Crippen LogP contribution is -2.35. The smallest absolute Gasteiger partial charge is 0.261 e.